The van der Waals surface area contributed by atoms with Crippen LogP contribution in [0.1, 0.15) is 53.1 Å². The fraction of sp³-hybridized carbons (Fsp3) is 0.320. The molecule has 0 aliphatic carbocycles. The highest BCUT2D eigenvalue weighted by Gasteiger charge is 2.25. The second-order valence-corrected chi connectivity index (χ2v) is 10.0. The third-order valence-corrected chi connectivity index (χ3v) is 6.80. The molecule has 1 atom stereocenters. The first-order valence-corrected chi connectivity index (χ1v) is 12.1. The Kier molecular flexibility index (Phi) is 7.34. The number of primary amides is 1. The molecule has 1 saturated heterocycles. The highest BCUT2D eigenvalue weighted by Crippen LogP contribution is 2.40. The minimum atomic E-state index is -1.44. The number of thiophene rings is 1. The Morgan fingerprint density at radius 2 is 1.97 bits per heavy atom. The maximum atomic E-state index is 14.9. The van der Waals surface area contributed by atoms with Gasteiger partial charge in [-0.25, -0.2) is 13.8 Å². The number of rotatable bonds is 8. The fourth-order valence-electron chi connectivity index (χ4n) is 3.80. The van der Waals surface area contributed by atoms with Gasteiger partial charge in [0.15, 0.2) is 0 Å². The summed E-state index contributed by atoms with van der Waals surface area (Å²) in [4.78, 5) is 29.0. The molecule has 5 N–H and O–H groups in total. The van der Waals surface area contributed by atoms with E-state index < -0.39 is 23.1 Å². The molecule has 36 heavy (non-hydrogen) atoms. The zero-order chi connectivity index (χ0) is 26.0. The van der Waals surface area contributed by atoms with Gasteiger partial charge in [0.1, 0.15) is 28.1 Å². The highest BCUT2D eigenvalue weighted by molar-refractivity contribution is 7.20. The first-order valence-electron chi connectivity index (χ1n) is 11.3. The Bertz CT molecular complexity index is 1280. The molecular formula is C25H26F2N4O4S. The van der Waals surface area contributed by atoms with Crippen molar-refractivity contribution in [2.75, 3.05) is 18.5 Å². The molecule has 1 fully saturated rings. The molecule has 1 aliphatic rings. The number of nitrogens with zero attached hydrogens (tertiary/aromatic N) is 1. The van der Waals surface area contributed by atoms with Gasteiger partial charge in [-0.15, -0.1) is 11.3 Å². The minimum Gasteiger partial charge on any atom is -0.386 e. The summed E-state index contributed by atoms with van der Waals surface area (Å²) in [6.07, 6.45) is 1.82. The SMILES string of the molecule is CC(C)(O)c1cc(F)c(-c2cc(C(N)=O)c(Nc3cccc(C(=O)NCC4CCCO4)n3)s2)c(F)c1. The van der Waals surface area contributed by atoms with Crippen LogP contribution in [0.25, 0.3) is 10.4 Å². The van der Waals surface area contributed by atoms with Gasteiger partial charge in [-0.05, 0) is 62.6 Å². The van der Waals surface area contributed by atoms with Gasteiger partial charge in [0.05, 0.1) is 22.8 Å². The van der Waals surface area contributed by atoms with Crippen molar-refractivity contribution in [3.63, 3.8) is 0 Å². The molecule has 4 rings (SSSR count). The third-order valence-electron chi connectivity index (χ3n) is 5.73. The van der Waals surface area contributed by atoms with Crippen LogP contribution in [0.4, 0.5) is 19.6 Å². The van der Waals surface area contributed by atoms with E-state index in [1.807, 2.05) is 0 Å². The zero-order valence-electron chi connectivity index (χ0n) is 19.7. The second kappa shape index (κ2) is 10.3. The van der Waals surface area contributed by atoms with E-state index in [0.717, 1.165) is 36.3 Å². The quantitative estimate of drug-likeness (QED) is 0.358. The highest BCUT2D eigenvalue weighted by atomic mass is 32.1. The number of anilines is 2. The lowest BCUT2D eigenvalue weighted by Crippen LogP contribution is -2.32. The predicted octanol–water partition coefficient (Wildman–Crippen LogP) is 4.07. The molecule has 11 heteroatoms. The van der Waals surface area contributed by atoms with Gasteiger partial charge in [0.25, 0.3) is 11.8 Å². The normalized spacial score (nSPS) is 15.6. The van der Waals surface area contributed by atoms with Crippen LogP contribution in [0.3, 0.4) is 0 Å². The summed E-state index contributed by atoms with van der Waals surface area (Å²) < 4.78 is 35.3. The maximum Gasteiger partial charge on any atom is 0.270 e. The van der Waals surface area contributed by atoms with Crippen molar-refractivity contribution in [1.82, 2.24) is 10.3 Å². The summed E-state index contributed by atoms with van der Waals surface area (Å²) in [5, 5.41) is 16.0. The average Bonchev–Trinajstić information content (AvgIpc) is 3.47. The molecule has 190 valence electrons. The zero-order valence-corrected chi connectivity index (χ0v) is 20.5. The third kappa shape index (κ3) is 5.69. The Morgan fingerprint density at radius 3 is 2.58 bits per heavy atom. The van der Waals surface area contributed by atoms with Crippen molar-refractivity contribution < 1.29 is 28.2 Å². The molecule has 2 aromatic heterocycles. The molecule has 3 aromatic rings. The van der Waals surface area contributed by atoms with Crippen molar-refractivity contribution in [1.29, 1.82) is 0 Å². The first kappa shape index (κ1) is 25.7. The molecule has 1 aliphatic heterocycles. The van der Waals surface area contributed by atoms with Crippen molar-refractivity contribution in [3.8, 4) is 10.4 Å². The van der Waals surface area contributed by atoms with E-state index in [0.29, 0.717) is 13.2 Å². The number of ether oxygens (including phenoxy) is 1. The summed E-state index contributed by atoms with van der Waals surface area (Å²) in [5.74, 6) is -2.72. The first-order chi connectivity index (χ1) is 17.0. The van der Waals surface area contributed by atoms with E-state index in [1.54, 1.807) is 18.2 Å². The number of benzene rings is 1. The number of halogens is 2. The number of pyridine rings is 1. The topological polar surface area (TPSA) is 127 Å². The van der Waals surface area contributed by atoms with E-state index in [-0.39, 0.29) is 50.1 Å². The number of carbonyl (C=O) groups excluding carboxylic acids is 2. The number of hydrogen-bond acceptors (Lipinski definition) is 7. The lowest BCUT2D eigenvalue weighted by atomic mass is 9.96. The van der Waals surface area contributed by atoms with E-state index in [1.165, 1.54) is 19.9 Å². The van der Waals surface area contributed by atoms with E-state index in [4.69, 9.17) is 10.5 Å². The van der Waals surface area contributed by atoms with Crippen molar-refractivity contribution in [2.45, 2.75) is 38.4 Å². The molecule has 0 radical (unpaired) electrons. The molecule has 0 saturated carbocycles. The molecule has 1 unspecified atom stereocenters. The number of nitrogens with two attached hydrogens (primary N) is 1. The Hall–Kier alpha value is -3.41. The van der Waals surface area contributed by atoms with Crippen molar-refractivity contribution in [3.05, 3.63) is 64.9 Å². The van der Waals surface area contributed by atoms with Crippen LogP contribution in [0.5, 0.6) is 0 Å². The lowest BCUT2D eigenvalue weighted by Gasteiger charge is -2.18. The smallest absolute Gasteiger partial charge is 0.270 e. The standard InChI is InChI=1S/C25H26F2N4O4S/c1-25(2,34)13-9-16(26)21(17(27)10-13)19-11-15(22(28)32)24(36-19)31-20-7-3-6-18(30-20)23(33)29-12-14-5-4-8-35-14/h3,6-7,9-11,14,34H,4-5,8,12H2,1-2H3,(H2,28,32)(H,29,33)(H,30,31). The van der Waals surface area contributed by atoms with Gasteiger partial charge in [0, 0.05) is 18.0 Å². The number of nitrogens with one attached hydrogen (secondary N) is 2. The van der Waals surface area contributed by atoms with E-state index in [2.05, 4.69) is 15.6 Å². The largest absolute Gasteiger partial charge is 0.386 e. The van der Waals surface area contributed by atoms with Crippen LogP contribution in [0.15, 0.2) is 36.4 Å². The van der Waals surface area contributed by atoms with Crippen molar-refractivity contribution in [2.24, 2.45) is 5.73 Å². The van der Waals surface area contributed by atoms with E-state index >= 15 is 0 Å². The van der Waals surface area contributed by atoms with Crippen LogP contribution < -0.4 is 16.4 Å². The number of aromatic nitrogens is 1. The molecule has 8 nitrogen and oxygen atoms in total. The Morgan fingerprint density at radius 1 is 1.25 bits per heavy atom. The fourth-order valence-corrected chi connectivity index (χ4v) is 4.92. The maximum absolute atomic E-state index is 14.9. The number of carbonyl (C=O) groups is 2. The molecular weight excluding hydrogens is 490 g/mol. The lowest BCUT2D eigenvalue weighted by molar-refractivity contribution is 0.0778. The molecule has 3 heterocycles. The van der Waals surface area contributed by atoms with Crippen LogP contribution >= 0.6 is 11.3 Å². The average molecular weight is 517 g/mol. The molecule has 0 spiro atoms. The van der Waals surface area contributed by atoms with Gasteiger partial charge in [0.2, 0.25) is 0 Å². The second-order valence-electron chi connectivity index (χ2n) is 8.97. The molecule has 0 bridgehead atoms. The minimum absolute atomic E-state index is 0.00963. The van der Waals surface area contributed by atoms with Crippen LogP contribution in [-0.4, -0.2) is 41.2 Å². The number of hydrogen-bond donors (Lipinski definition) is 4. The monoisotopic (exact) mass is 516 g/mol. The van der Waals surface area contributed by atoms with Crippen LogP contribution in [-0.2, 0) is 10.3 Å². The Labute approximate surface area is 210 Å². The van der Waals surface area contributed by atoms with Crippen molar-refractivity contribution >= 4 is 34.0 Å². The Balaban J connectivity index is 1.59. The van der Waals surface area contributed by atoms with Gasteiger partial charge < -0.3 is 26.2 Å². The van der Waals surface area contributed by atoms with Gasteiger partial charge in [-0.1, -0.05) is 6.07 Å². The summed E-state index contributed by atoms with van der Waals surface area (Å²) in [5.41, 5.74) is 3.95. The van der Waals surface area contributed by atoms with Gasteiger partial charge >= 0.3 is 0 Å². The van der Waals surface area contributed by atoms with Crippen LogP contribution in [0.2, 0.25) is 0 Å². The molecule has 2 amide bonds. The predicted molar refractivity (Wildman–Crippen MR) is 132 cm³/mol. The van der Waals surface area contributed by atoms with Gasteiger partial charge in [-0.2, -0.15) is 0 Å². The molecule has 1 aromatic carbocycles. The number of aliphatic hydroxyl groups is 1. The summed E-state index contributed by atoms with van der Waals surface area (Å²) in [6, 6.07) is 8.13. The van der Waals surface area contributed by atoms with Gasteiger partial charge in [-0.3, -0.25) is 9.59 Å². The van der Waals surface area contributed by atoms with Crippen LogP contribution in [0, 0.1) is 11.6 Å². The summed E-state index contributed by atoms with van der Waals surface area (Å²) in [6.45, 7) is 3.90. The summed E-state index contributed by atoms with van der Waals surface area (Å²) in [7, 11) is 0. The summed E-state index contributed by atoms with van der Waals surface area (Å²) >= 11 is 0.907. The van der Waals surface area contributed by atoms with E-state index in [9.17, 15) is 23.5 Å². The number of amides is 2.